The van der Waals surface area contributed by atoms with Crippen LogP contribution >= 0.6 is 0 Å². The number of methoxy groups -OCH3 is 1. The van der Waals surface area contributed by atoms with E-state index in [-0.39, 0.29) is 29.5 Å². The molecular formula is C28H27FN2O3. The van der Waals surface area contributed by atoms with E-state index in [0.717, 1.165) is 17.7 Å². The number of fused-ring (bicyclic) bond motifs is 1. The van der Waals surface area contributed by atoms with Crippen LogP contribution in [0.3, 0.4) is 0 Å². The number of carbonyl (C=O) groups excluding carboxylic acids is 2. The molecule has 0 aliphatic carbocycles. The Hall–Kier alpha value is -3.67. The fourth-order valence-corrected chi connectivity index (χ4v) is 5.12. The highest BCUT2D eigenvalue weighted by Crippen LogP contribution is 2.37. The summed E-state index contributed by atoms with van der Waals surface area (Å²) in [4.78, 5) is 30.7. The lowest BCUT2D eigenvalue weighted by atomic mass is 9.87. The smallest absolute Gasteiger partial charge is 0.253 e. The van der Waals surface area contributed by atoms with Crippen molar-refractivity contribution in [2.45, 2.75) is 18.9 Å². The van der Waals surface area contributed by atoms with E-state index in [4.69, 9.17) is 4.74 Å². The van der Waals surface area contributed by atoms with Gasteiger partial charge in [0.15, 0.2) is 0 Å². The number of rotatable bonds is 4. The molecule has 0 radical (unpaired) electrons. The van der Waals surface area contributed by atoms with Gasteiger partial charge in [-0.15, -0.1) is 0 Å². The summed E-state index contributed by atoms with van der Waals surface area (Å²) in [5, 5.41) is 0. The molecule has 2 aliphatic rings. The molecule has 3 aromatic rings. The van der Waals surface area contributed by atoms with Crippen molar-refractivity contribution in [1.82, 2.24) is 9.80 Å². The Balaban J connectivity index is 1.43. The third-order valence-corrected chi connectivity index (χ3v) is 6.98. The first kappa shape index (κ1) is 22.1. The maximum absolute atomic E-state index is 13.8. The van der Waals surface area contributed by atoms with Crippen LogP contribution in [0.2, 0.25) is 0 Å². The van der Waals surface area contributed by atoms with Gasteiger partial charge < -0.3 is 14.5 Å². The molecule has 2 amide bonds. The fourth-order valence-electron chi connectivity index (χ4n) is 5.12. The molecule has 34 heavy (non-hydrogen) atoms. The Morgan fingerprint density at radius 3 is 2.44 bits per heavy atom. The van der Waals surface area contributed by atoms with E-state index in [1.807, 2.05) is 41.3 Å². The minimum atomic E-state index is -0.384. The van der Waals surface area contributed by atoms with Gasteiger partial charge in [-0.25, -0.2) is 4.39 Å². The molecule has 0 spiro atoms. The Kier molecular flexibility index (Phi) is 6.05. The van der Waals surface area contributed by atoms with Gasteiger partial charge in [0.2, 0.25) is 5.91 Å². The molecule has 5 nitrogen and oxygen atoms in total. The number of ether oxygens (including phenoxy) is 1. The lowest BCUT2D eigenvalue weighted by Crippen LogP contribution is -2.42. The zero-order chi connectivity index (χ0) is 23.7. The molecular weight excluding hydrogens is 431 g/mol. The zero-order valence-corrected chi connectivity index (χ0v) is 19.1. The second kappa shape index (κ2) is 9.29. The minimum absolute atomic E-state index is 0.0664. The van der Waals surface area contributed by atoms with E-state index in [2.05, 4.69) is 12.1 Å². The first-order valence-corrected chi connectivity index (χ1v) is 11.6. The second-order valence-corrected chi connectivity index (χ2v) is 8.99. The summed E-state index contributed by atoms with van der Waals surface area (Å²) < 4.78 is 18.8. The van der Waals surface area contributed by atoms with Crippen molar-refractivity contribution in [3.05, 3.63) is 101 Å². The van der Waals surface area contributed by atoms with Gasteiger partial charge in [0.1, 0.15) is 11.6 Å². The molecule has 1 fully saturated rings. The fraction of sp³-hybridized carbons (Fsp3) is 0.286. The monoisotopic (exact) mass is 458 g/mol. The molecule has 0 aromatic heterocycles. The number of halogens is 1. The van der Waals surface area contributed by atoms with Crippen molar-refractivity contribution in [2.24, 2.45) is 5.92 Å². The predicted molar refractivity (Wildman–Crippen MR) is 127 cm³/mol. The molecule has 2 unspecified atom stereocenters. The SMILES string of the molecule is COc1cccc(C2CN(C(=O)c3ccc(F)cc3)CC2C(=O)N2CCc3ccccc3C2)c1. The summed E-state index contributed by atoms with van der Waals surface area (Å²) in [5.41, 5.74) is 3.86. The topological polar surface area (TPSA) is 49.9 Å². The van der Waals surface area contributed by atoms with Crippen LogP contribution in [0.5, 0.6) is 5.75 Å². The van der Waals surface area contributed by atoms with Crippen molar-refractivity contribution in [1.29, 1.82) is 0 Å². The molecule has 1 saturated heterocycles. The van der Waals surface area contributed by atoms with Crippen LogP contribution in [0, 0.1) is 11.7 Å². The summed E-state index contributed by atoms with van der Waals surface area (Å²) in [6, 6.07) is 21.5. The number of carbonyl (C=O) groups is 2. The Labute approximate surface area is 198 Å². The number of amides is 2. The van der Waals surface area contributed by atoms with Crippen LogP contribution in [0.25, 0.3) is 0 Å². The third kappa shape index (κ3) is 4.28. The average Bonchev–Trinajstić information content (AvgIpc) is 3.33. The van der Waals surface area contributed by atoms with Gasteiger partial charge in [-0.1, -0.05) is 36.4 Å². The highest BCUT2D eigenvalue weighted by atomic mass is 19.1. The Morgan fingerprint density at radius 1 is 0.912 bits per heavy atom. The van der Waals surface area contributed by atoms with Gasteiger partial charge in [0.25, 0.3) is 5.91 Å². The van der Waals surface area contributed by atoms with Gasteiger partial charge in [0.05, 0.1) is 13.0 Å². The van der Waals surface area contributed by atoms with E-state index in [0.29, 0.717) is 31.7 Å². The van der Waals surface area contributed by atoms with Crippen molar-refractivity contribution >= 4 is 11.8 Å². The first-order valence-electron chi connectivity index (χ1n) is 11.6. The van der Waals surface area contributed by atoms with Crippen molar-refractivity contribution in [2.75, 3.05) is 26.7 Å². The quantitative estimate of drug-likeness (QED) is 0.587. The standard InChI is InChI=1S/C28H27FN2O3/c1-34-24-8-4-7-21(15-24)25-17-31(27(32)20-9-11-23(29)12-10-20)18-26(25)28(33)30-14-13-19-5-2-3-6-22(19)16-30/h2-12,15,25-26H,13-14,16-18H2,1H3. The van der Waals surface area contributed by atoms with Crippen LogP contribution in [0.15, 0.2) is 72.8 Å². The zero-order valence-electron chi connectivity index (χ0n) is 19.1. The molecule has 2 aliphatic heterocycles. The van der Waals surface area contributed by atoms with E-state index in [1.54, 1.807) is 12.0 Å². The Bertz CT molecular complexity index is 1210. The molecule has 2 heterocycles. The maximum atomic E-state index is 13.8. The van der Waals surface area contributed by atoms with Gasteiger partial charge in [0, 0.05) is 37.7 Å². The number of hydrogen-bond donors (Lipinski definition) is 0. The molecule has 174 valence electrons. The summed E-state index contributed by atoms with van der Waals surface area (Å²) in [5.74, 6) is -0.292. The summed E-state index contributed by atoms with van der Waals surface area (Å²) >= 11 is 0. The molecule has 0 N–H and O–H groups in total. The van der Waals surface area contributed by atoms with E-state index < -0.39 is 0 Å². The van der Waals surface area contributed by atoms with E-state index >= 15 is 0 Å². The van der Waals surface area contributed by atoms with Gasteiger partial charge in [-0.2, -0.15) is 0 Å². The predicted octanol–water partition coefficient (Wildman–Crippen LogP) is 4.28. The summed E-state index contributed by atoms with van der Waals surface area (Å²) in [6.07, 6.45) is 0.830. The van der Waals surface area contributed by atoms with Crippen LogP contribution in [0.1, 0.15) is 33.0 Å². The number of hydrogen-bond acceptors (Lipinski definition) is 3. The van der Waals surface area contributed by atoms with Gasteiger partial charge >= 0.3 is 0 Å². The van der Waals surface area contributed by atoms with E-state index in [9.17, 15) is 14.0 Å². The highest BCUT2D eigenvalue weighted by molar-refractivity contribution is 5.95. The van der Waals surface area contributed by atoms with Crippen LogP contribution < -0.4 is 4.74 Å². The van der Waals surface area contributed by atoms with Crippen LogP contribution in [-0.4, -0.2) is 48.4 Å². The summed E-state index contributed by atoms with van der Waals surface area (Å²) in [6.45, 7) is 2.00. The Morgan fingerprint density at radius 2 is 1.68 bits per heavy atom. The second-order valence-electron chi connectivity index (χ2n) is 8.99. The van der Waals surface area contributed by atoms with Gasteiger partial charge in [-0.05, 0) is 59.5 Å². The number of nitrogens with zero attached hydrogens (tertiary/aromatic N) is 2. The number of likely N-dealkylation sites (tertiary alicyclic amines) is 1. The molecule has 3 aromatic carbocycles. The average molecular weight is 459 g/mol. The lowest BCUT2D eigenvalue weighted by Gasteiger charge is -2.32. The molecule has 0 saturated carbocycles. The third-order valence-electron chi connectivity index (χ3n) is 6.98. The largest absolute Gasteiger partial charge is 0.497 e. The molecule has 2 atom stereocenters. The molecule has 0 bridgehead atoms. The van der Waals surface area contributed by atoms with Crippen LogP contribution in [0.4, 0.5) is 4.39 Å². The van der Waals surface area contributed by atoms with Crippen molar-refractivity contribution < 1.29 is 18.7 Å². The molecule has 6 heteroatoms. The molecule has 5 rings (SSSR count). The van der Waals surface area contributed by atoms with Crippen LogP contribution in [-0.2, 0) is 17.8 Å². The van der Waals surface area contributed by atoms with Crippen molar-refractivity contribution in [3.63, 3.8) is 0 Å². The van der Waals surface area contributed by atoms with E-state index in [1.165, 1.54) is 35.4 Å². The maximum Gasteiger partial charge on any atom is 0.253 e. The number of benzene rings is 3. The lowest BCUT2D eigenvalue weighted by molar-refractivity contribution is -0.136. The summed E-state index contributed by atoms with van der Waals surface area (Å²) in [7, 11) is 1.62. The minimum Gasteiger partial charge on any atom is -0.497 e. The normalized spacial score (nSPS) is 19.6. The van der Waals surface area contributed by atoms with Gasteiger partial charge in [-0.3, -0.25) is 9.59 Å². The highest BCUT2D eigenvalue weighted by Gasteiger charge is 2.42. The van der Waals surface area contributed by atoms with Crippen molar-refractivity contribution in [3.8, 4) is 5.75 Å². The first-order chi connectivity index (χ1) is 16.5.